The van der Waals surface area contributed by atoms with Gasteiger partial charge in [0.1, 0.15) is 5.75 Å². The molecule has 0 saturated heterocycles. The molecule has 2 rings (SSSR count). The standard InChI is InChI=1S/C12H13NO4/c1-12(2,11(15)16)7-3-4-9-8(5-7)13-10(14)6-17-9/h3-5H,6H2,1-2H3,(H,13,14)(H,15,16). The van der Waals surface area contributed by atoms with Gasteiger partial charge in [-0.3, -0.25) is 9.59 Å². The maximum atomic E-state index is 11.2. The first-order chi connectivity index (χ1) is 7.91. The molecule has 0 atom stereocenters. The lowest BCUT2D eigenvalue weighted by Gasteiger charge is -2.23. The van der Waals surface area contributed by atoms with Crippen molar-refractivity contribution in [2.75, 3.05) is 11.9 Å². The predicted octanol–water partition coefficient (Wildman–Crippen LogP) is 1.38. The zero-order valence-corrected chi connectivity index (χ0v) is 9.61. The van der Waals surface area contributed by atoms with Crippen LogP contribution in [0.4, 0.5) is 5.69 Å². The first-order valence-corrected chi connectivity index (χ1v) is 5.22. The third kappa shape index (κ3) is 1.95. The van der Waals surface area contributed by atoms with Gasteiger partial charge in [0, 0.05) is 0 Å². The Bertz CT molecular complexity index is 493. The molecule has 1 aliphatic heterocycles. The van der Waals surface area contributed by atoms with E-state index in [4.69, 9.17) is 9.84 Å². The highest BCUT2D eigenvalue weighted by Gasteiger charge is 2.30. The molecule has 0 radical (unpaired) electrons. The van der Waals surface area contributed by atoms with Crippen molar-refractivity contribution < 1.29 is 19.4 Å². The molecule has 0 aromatic heterocycles. The average molecular weight is 235 g/mol. The maximum absolute atomic E-state index is 11.2. The summed E-state index contributed by atoms with van der Waals surface area (Å²) in [5.74, 6) is -0.585. The van der Waals surface area contributed by atoms with E-state index in [1.54, 1.807) is 32.0 Å². The highest BCUT2D eigenvalue weighted by atomic mass is 16.5. The van der Waals surface area contributed by atoms with Crippen LogP contribution in [-0.2, 0) is 15.0 Å². The molecule has 1 aromatic rings. The van der Waals surface area contributed by atoms with Gasteiger partial charge in [0.2, 0.25) is 0 Å². The Morgan fingerprint density at radius 2 is 2.18 bits per heavy atom. The number of hydrogen-bond acceptors (Lipinski definition) is 3. The van der Waals surface area contributed by atoms with Gasteiger partial charge < -0.3 is 15.2 Å². The van der Waals surface area contributed by atoms with Gasteiger partial charge in [0.25, 0.3) is 5.91 Å². The van der Waals surface area contributed by atoms with Crippen molar-refractivity contribution in [3.63, 3.8) is 0 Å². The number of amides is 1. The Hall–Kier alpha value is -2.04. The molecule has 1 aromatic carbocycles. The van der Waals surface area contributed by atoms with Crippen molar-refractivity contribution in [1.82, 2.24) is 0 Å². The molecule has 0 spiro atoms. The Morgan fingerprint density at radius 3 is 2.82 bits per heavy atom. The van der Waals surface area contributed by atoms with E-state index in [1.165, 1.54) is 0 Å². The third-order valence-corrected chi connectivity index (χ3v) is 2.87. The number of carboxylic acids is 1. The van der Waals surface area contributed by atoms with Crippen molar-refractivity contribution >= 4 is 17.6 Å². The monoisotopic (exact) mass is 235 g/mol. The van der Waals surface area contributed by atoms with Gasteiger partial charge >= 0.3 is 5.97 Å². The first kappa shape index (κ1) is 11.4. The highest BCUT2D eigenvalue weighted by Crippen LogP contribution is 2.33. The van der Waals surface area contributed by atoms with Gasteiger partial charge in [-0.25, -0.2) is 0 Å². The minimum absolute atomic E-state index is 0.00529. The SMILES string of the molecule is CC(C)(C(=O)O)c1ccc2c(c1)NC(=O)CO2. The Kier molecular flexibility index (Phi) is 2.53. The summed E-state index contributed by atoms with van der Waals surface area (Å²) in [7, 11) is 0. The number of benzene rings is 1. The van der Waals surface area contributed by atoms with Crippen LogP contribution in [-0.4, -0.2) is 23.6 Å². The van der Waals surface area contributed by atoms with Crippen molar-refractivity contribution in [3.05, 3.63) is 23.8 Å². The van der Waals surface area contributed by atoms with E-state index < -0.39 is 11.4 Å². The highest BCUT2D eigenvalue weighted by molar-refractivity contribution is 5.95. The zero-order valence-electron chi connectivity index (χ0n) is 9.61. The molecule has 1 amide bonds. The quantitative estimate of drug-likeness (QED) is 0.812. The number of carboxylic acid groups (broad SMARTS) is 1. The van der Waals surface area contributed by atoms with Crippen LogP contribution in [0.1, 0.15) is 19.4 Å². The molecule has 0 saturated carbocycles. The summed E-state index contributed by atoms with van der Waals surface area (Å²) in [6, 6.07) is 5.01. The van der Waals surface area contributed by atoms with Crippen LogP contribution < -0.4 is 10.1 Å². The van der Waals surface area contributed by atoms with Crippen LogP contribution >= 0.6 is 0 Å². The smallest absolute Gasteiger partial charge is 0.313 e. The molecule has 5 heteroatoms. The summed E-state index contributed by atoms with van der Waals surface area (Å²) >= 11 is 0. The van der Waals surface area contributed by atoms with Crippen LogP contribution in [0, 0.1) is 0 Å². The number of anilines is 1. The summed E-state index contributed by atoms with van der Waals surface area (Å²) < 4.78 is 5.20. The molecule has 2 N–H and O–H groups in total. The molecule has 17 heavy (non-hydrogen) atoms. The summed E-state index contributed by atoms with van der Waals surface area (Å²) in [4.78, 5) is 22.3. The van der Waals surface area contributed by atoms with Crippen LogP contribution in [0.2, 0.25) is 0 Å². The lowest BCUT2D eigenvalue weighted by atomic mass is 9.84. The number of carbonyl (C=O) groups excluding carboxylic acids is 1. The maximum Gasteiger partial charge on any atom is 0.313 e. The zero-order chi connectivity index (χ0) is 12.6. The summed E-state index contributed by atoms with van der Waals surface area (Å²) in [5, 5.41) is 11.8. The molecule has 0 aliphatic carbocycles. The van der Waals surface area contributed by atoms with E-state index in [0.717, 1.165) is 0 Å². The fourth-order valence-corrected chi connectivity index (χ4v) is 1.60. The van der Waals surface area contributed by atoms with Crippen LogP contribution in [0.5, 0.6) is 5.75 Å². The Labute approximate surface area is 98.4 Å². The second-order valence-corrected chi connectivity index (χ2v) is 4.48. The fourth-order valence-electron chi connectivity index (χ4n) is 1.60. The van der Waals surface area contributed by atoms with Crippen LogP contribution in [0.15, 0.2) is 18.2 Å². The molecule has 0 bridgehead atoms. The van der Waals surface area contributed by atoms with Crippen molar-refractivity contribution in [1.29, 1.82) is 0 Å². The second-order valence-electron chi connectivity index (χ2n) is 4.48. The van der Waals surface area contributed by atoms with Gasteiger partial charge in [0.05, 0.1) is 11.1 Å². The van der Waals surface area contributed by atoms with Crippen molar-refractivity contribution in [2.45, 2.75) is 19.3 Å². The van der Waals surface area contributed by atoms with Gasteiger partial charge in [-0.05, 0) is 31.5 Å². The number of ether oxygens (including phenoxy) is 1. The first-order valence-electron chi connectivity index (χ1n) is 5.22. The van der Waals surface area contributed by atoms with E-state index in [9.17, 15) is 9.59 Å². The second kappa shape index (κ2) is 3.76. The number of aliphatic carboxylic acids is 1. The van der Waals surface area contributed by atoms with Crippen molar-refractivity contribution in [2.24, 2.45) is 0 Å². The molecule has 1 aliphatic rings. The predicted molar refractivity (Wildman–Crippen MR) is 61.2 cm³/mol. The molecular weight excluding hydrogens is 222 g/mol. The number of nitrogens with one attached hydrogen (secondary N) is 1. The number of fused-ring (bicyclic) bond motifs is 1. The van der Waals surface area contributed by atoms with E-state index in [0.29, 0.717) is 17.0 Å². The number of rotatable bonds is 2. The van der Waals surface area contributed by atoms with Gasteiger partial charge in [0.15, 0.2) is 6.61 Å². The molecular formula is C12H13NO4. The van der Waals surface area contributed by atoms with E-state index >= 15 is 0 Å². The van der Waals surface area contributed by atoms with E-state index in [-0.39, 0.29) is 12.5 Å². The lowest BCUT2D eigenvalue weighted by molar-refractivity contribution is -0.142. The summed E-state index contributed by atoms with van der Waals surface area (Å²) in [6.45, 7) is 3.22. The Morgan fingerprint density at radius 1 is 1.47 bits per heavy atom. The topological polar surface area (TPSA) is 75.6 Å². The molecule has 0 unspecified atom stereocenters. The molecule has 1 heterocycles. The largest absolute Gasteiger partial charge is 0.482 e. The minimum Gasteiger partial charge on any atom is -0.482 e. The molecule has 5 nitrogen and oxygen atoms in total. The minimum atomic E-state index is -1.00. The van der Waals surface area contributed by atoms with Crippen LogP contribution in [0.25, 0.3) is 0 Å². The molecule has 90 valence electrons. The lowest BCUT2D eigenvalue weighted by Crippen LogP contribution is -2.30. The fraction of sp³-hybridized carbons (Fsp3) is 0.333. The van der Waals surface area contributed by atoms with Crippen molar-refractivity contribution in [3.8, 4) is 5.75 Å². The third-order valence-electron chi connectivity index (χ3n) is 2.87. The van der Waals surface area contributed by atoms with Gasteiger partial charge in [-0.1, -0.05) is 6.07 Å². The normalized spacial score (nSPS) is 14.6. The number of hydrogen-bond donors (Lipinski definition) is 2. The number of carbonyl (C=O) groups is 2. The van der Waals surface area contributed by atoms with E-state index in [1.807, 2.05) is 0 Å². The Balaban J connectivity index is 2.43. The molecule has 0 fully saturated rings. The van der Waals surface area contributed by atoms with Gasteiger partial charge in [-0.15, -0.1) is 0 Å². The van der Waals surface area contributed by atoms with E-state index in [2.05, 4.69) is 5.32 Å². The summed E-state index contributed by atoms with van der Waals surface area (Å²) in [6.07, 6.45) is 0. The summed E-state index contributed by atoms with van der Waals surface area (Å²) in [5.41, 5.74) is 0.139. The van der Waals surface area contributed by atoms with Gasteiger partial charge in [-0.2, -0.15) is 0 Å². The average Bonchev–Trinajstić information content (AvgIpc) is 2.27. The van der Waals surface area contributed by atoms with Crippen LogP contribution in [0.3, 0.4) is 0 Å².